The maximum absolute atomic E-state index is 14.7. The van der Waals surface area contributed by atoms with Gasteiger partial charge < -0.3 is 35.5 Å². The fourth-order valence-corrected chi connectivity index (χ4v) is 6.95. The van der Waals surface area contributed by atoms with Gasteiger partial charge in [-0.05, 0) is 103 Å². The van der Waals surface area contributed by atoms with Gasteiger partial charge in [-0.25, -0.2) is 9.78 Å². The van der Waals surface area contributed by atoms with E-state index in [9.17, 15) is 19.5 Å². The second kappa shape index (κ2) is 20.4. The summed E-state index contributed by atoms with van der Waals surface area (Å²) in [6.45, 7) is 3.62. The number of aromatic carboxylic acids is 1. The normalized spacial score (nSPS) is 12.9. The van der Waals surface area contributed by atoms with E-state index in [1.807, 2.05) is 35.2 Å². The third-order valence-electron chi connectivity index (χ3n) is 10.1. The van der Waals surface area contributed by atoms with Crippen LogP contribution in [0, 0.1) is 10.8 Å². The van der Waals surface area contributed by atoms with Gasteiger partial charge in [0.15, 0.2) is 0 Å². The van der Waals surface area contributed by atoms with Crippen molar-refractivity contribution in [2.75, 3.05) is 23.3 Å². The van der Waals surface area contributed by atoms with Crippen molar-refractivity contribution in [3.63, 3.8) is 0 Å². The number of benzene rings is 5. The molecule has 61 heavy (non-hydrogen) atoms. The Morgan fingerprint density at radius 1 is 0.869 bits per heavy atom. The third-order valence-corrected chi connectivity index (χ3v) is 10.1. The molecule has 1 saturated heterocycles. The summed E-state index contributed by atoms with van der Waals surface area (Å²) in [7, 11) is 0. The van der Waals surface area contributed by atoms with Crippen LogP contribution in [0.3, 0.4) is 0 Å². The lowest BCUT2D eigenvalue weighted by atomic mass is 10.0. The number of carboxylic acid groups (broad SMARTS) is 1. The number of aromatic amines is 1. The minimum Gasteiger partial charge on any atom is -0.490 e. The van der Waals surface area contributed by atoms with Gasteiger partial charge in [-0.3, -0.25) is 25.3 Å². The van der Waals surface area contributed by atoms with Gasteiger partial charge in [-0.2, -0.15) is 0 Å². The summed E-state index contributed by atoms with van der Waals surface area (Å²) in [6.07, 6.45) is 1.23. The van der Waals surface area contributed by atoms with Crippen molar-refractivity contribution < 1.29 is 29.0 Å². The van der Waals surface area contributed by atoms with Gasteiger partial charge in [-0.1, -0.05) is 30.3 Å². The Balaban J connectivity index is 0.00000352. The number of carbonyl (C=O) groups excluding carboxylic acids is 2. The summed E-state index contributed by atoms with van der Waals surface area (Å²) in [5.74, 6) is -0.128. The molecule has 1 unspecified atom stereocenters. The van der Waals surface area contributed by atoms with E-state index >= 15 is 0 Å². The van der Waals surface area contributed by atoms with Crippen molar-refractivity contribution in [3.05, 3.63) is 149 Å². The zero-order valence-corrected chi connectivity index (χ0v) is 34.8. The Kier molecular flexibility index (Phi) is 15.1. The van der Waals surface area contributed by atoms with Gasteiger partial charge in [0.1, 0.15) is 41.9 Å². The number of ether oxygens (including phenoxy) is 2. The average molecular weight is 866 g/mol. The molecule has 0 bridgehead atoms. The summed E-state index contributed by atoms with van der Waals surface area (Å²) in [6, 6.07) is 33.5. The van der Waals surface area contributed by atoms with Crippen LogP contribution in [0.4, 0.5) is 11.4 Å². The van der Waals surface area contributed by atoms with Crippen LogP contribution in [0.1, 0.15) is 69.9 Å². The van der Waals surface area contributed by atoms with Crippen LogP contribution in [0.25, 0.3) is 11.0 Å². The highest BCUT2D eigenvalue weighted by atomic mass is 35.5. The first-order valence-corrected chi connectivity index (χ1v) is 19.1. The SMILES string of the molecule is CC(=N)N1CCC(Oc2ccc(N(C(=O)c3ccc(C(=O)O)cc3)C(CC(=O)Nc3ccc(OCc4ccccc4)cc3)c3nc4ccc(C(=N)N)cc4[nH]3)cc2)CC1.Cl.Cl. The lowest BCUT2D eigenvalue weighted by Gasteiger charge is -2.33. The molecule has 316 valence electrons. The number of nitrogens with one attached hydrogen (secondary N) is 4. The second-order valence-corrected chi connectivity index (χ2v) is 14.3. The fraction of sp³-hybridized carbons (Fsp3) is 0.200. The molecule has 14 nitrogen and oxygen atoms in total. The second-order valence-electron chi connectivity index (χ2n) is 14.3. The first-order chi connectivity index (χ1) is 28.5. The van der Waals surface area contributed by atoms with Crippen LogP contribution in [-0.4, -0.2) is 68.6 Å². The van der Waals surface area contributed by atoms with Gasteiger partial charge in [0.2, 0.25) is 5.91 Å². The van der Waals surface area contributed by atoms with E-state index in [1.54, 1.807) is 73.7 Å². The van der Waals surface area contributed by atoms with E-state index in [0.717, 1.165) is 31.5 Å². The Morgan fingerprint density at radius 2 is 1.49 bits per heavy atom. The maximum Gasteiger partial charge on any atom is 0.335 e. The summed E-state index contributed by atoms with van der Waals surface area (Å²) < 4.78 is 12.2. The van der Waals surface area contributed by atoms with Crippen molar-refractivity contribution in [2.24, 2.45) is 5.73 Å². The minimum absolute atomic E-state index is 0. The van der Waals surface area contributed by atoms with E-state index in [-0.39, 0.29) is 54.3 Å². The predicted molar refractivity (Wildman–Crippen MR) is 240 cm³/mol. The largest absolute Gasteiger partial charge is 0.490 e. The van der Waals surface area contributed by atoms with Crippen molar-refractivity contribution >= 4 is 76.7 Å². The molecule has 7 N–H and O–H groups in total. The van der Waals surface area contributed by atoms with Gasteiger partial charge in [0.25, 0.3) is 5.91 Å². The number of carboxylic acids is 1. The van der Waals surface area contributed by atoms with Crippen LogP contribution < -0.4 is 25.4 Å². The van der Waals surface area contributed by atoms with Gasteiger partial charge >= 0.3 is 5.97 Å². The van der Waals surface area contributed by atoms with E-state index < -0.39 is 23.8 Å². The number of rotatable bonds is 14. The predicted octanol–water partition coefficient (Wildman–Crippen LogP) is 8.23. The molecule has 2 heterocycles. The number of halogens is 2. The Bertz CT molecular complexity index is 2470. The maximum atomic E-state index is 14.7. The van der Waals surface area contributed by atoms with E-state index in [0.29, 0.717) is 57.7 Å². The number of amidine groups is 2. The highest BCUT2D eigenvalue weighted by Crippen LogP contribution is 2.34. The number of imidazole rings is 1. The van der Waals surface area contributed by atoms with Gasteiger partial charge in [-0.15, -0.1) is 24.8 Å². The molecule has 2 amide bonds. The van der Waals surface area contributed by atoms with Crippen molar-refractivity contribution in [2.45, 2.75) is 44.9 Å². The number of nitrogen functional groups attached to an aromatic ring is 1. The molecule has 1 fully saturated rings. The number of carbonyl (C=O) groups is 3. The van der Waals surface area contributed by atoms with Crippen molar-refractivity contribution in [3.8, 4) is 11.5 Å². The van der Waals surface area contributed by atoms with Crippen molar-refractivity contribution in [1.82, 2.24) is 14.9 Å². The highest BCUT2D eigenvalue weighted by Gasteiger charge is 2.33. The molecule has 0 radical (unpaired) electrons. The zero-order valence-electron chi connectivity index (χ0n) is 33.2. The fourth-order valence-electron chi connectivity index (χ4n) is 6.95. The molecule has 16 heteroatoms. The Labute approximate surface area is 364 Å². The van der Waals surface area contributed by atoms with Crippen LogP contribution in [-0.2, 0) is 11.4 Å². The number of fused-ring (bicyclic) bond motifs is 1. The molecule has 0 saturated carbocycles. The quantitative estimate of drug-likeness (QED) is 0.0459. The summed E-state index contributed by atoms with van der Waals surface area (Å²) in [5.41, 5.74) is 9.52. The molecule has 6 aromatic rings. The summed E-state index contributed by atoms with van der Waals surface area (Å²) in [4.78, 5) is 52.0. The monoisotopic (exact) mass is 864 g/mol. The number of hydrogen-bond donors (Lipinski definition) is 6. The molecule has 1 aromatic heterocycles. The average Bonchev–Trinajstić information content (AvgIpc) is 3.68. The smallest absolute Gasteiger partial charge is 0.335 e. The highest BCUT2D eigenvalue weighted by molar-refractivity contribution is 6.08. The lowest BCUT2D eigenvalue weighted by molar-refractivity contribution is -0.116. The van der Waals surface area contributed by atoms with Crippen LogP contribution in [0.15, 0.2) is 121 Å². The Hall–Kier alpha value is -6.90. The molecule has 5 aromatic carbocycles. The third kappa shape index (κ3) is 11.2. The van der Waals surface area contributed by atoms with E-state index in [2.05, 4.69) is 10.3 Å². The molecule has 7 rings (SSSR count). The number of likely N-dealkylation sites (tertiary alicyclic amines) is 1. The lowest BCUT2D eigenvalue weighted by Crippen LogP contribution is -2.40. The molecule has 1 aliphatic heterocycles. The van der Waals surface area contributed by atoms with Crippen LogP contribution >= 0.6 is 24.8 Å². The first kappa shape index (κ1) is 45.2. The van der Waals surface area contributed by atoms with Crippen molar-refractivity contribution in [1.29, 1.82) is 10.8 Å². The number of hydrogen-bond acceptors (Lipinski definition) is 8. The number of nitrogens with two attached hydrogens (primary N) is 1. The first-order valence-electron chi connectivity index (χ1n) is 19.1. The molecule has 1 aliphatic rings. The number of amides is 2. The summed E-state index contributed by atoms with van der Waals surface area (Å²) >= 11 is 0. The molecular weight excluding hydrogens is 819 g/mol. The zero-order chi connectivity index (χ0) is 41.5. The molecule has 1 atom stereocenters. The number of piperidine rings is 1. The minimum atomic E-state index is -1.13. The van der Waals surface area contributed by atoms with Gasteiger partial charge in [0.05, 0.1) is 28.9 Å². The number of aromatic nitrogens is 2. The van der Waals surface area contributed by atoms with Crippen LogP contribution in [0.2, 0.25) is 0 Å². The van der Waals surface area contributed by atoms with Crippen LogP contribution in [0.5, 0.6) is 11.5 Å². The number of H-pyrrole nitrogens is 1. The molecule has 0 aliphatic carbocycles. The Morgan fingerprint density at radius 3 is 2.11 bits per heavy atom. The number of nitrogens with zero attached hydrogens (tertiary/aromatic N) is 3. The molecular formula is C45H46Cl2N8O6. The summed E-state index contributed by atoms with van der Waals surface area (Å²) in [5, 5.41) is 28.4. The topological polar surface area (TPSA) is 211 Å². The standard InChI is InChI=1S/C45H44N8O6.2ClH/c1-28(46)52-23-21-37(22-24-52)59-36-18-14-34(15-19-36)53(44(55)30-7-9-31(10-8-30)45(56)57)40(43-50-38-20-11-32(42(47)48)25-39(38)51-43)26-41(54)49-33-12-16-35(17-13-33)58-27-29-5-3-2-4-6-29;;/h2-20,25,37,40,46H,21-24,26-27H2,1H3,(H3,47,48)(H,49,54)(H,50,51)(H,56,57);2*1H. The number of anilines is 2. The molecule has 0 spiro atoms. The van der Waals surface area contributed by atoms with E-state index in [4.69, 9.17) is 31.0 Å². The van der Waals surface area contributed by atoms with Gasteiger partial charge in [0, 0.05) is 48.4 Å². The van der Waals surface area contributed by atoms with E-state index in [1.165, 1.54) is 29.2 Å².